The van der Waals surface area contributed by atoms with Gasteiger partial charge in [-0.2, -0.15) is 0 Å². The van der Waals surface area contributed by atoms with Crippen LogP contribution in [0.1, 0.15) is 24.1 Å². The molecule has 0 aromatic heterocycles. The Morgan fingerprint density at radius 3 is 2.45 bits per heavy atom. The minimum absolute atomic E-state index is 0.0789. The van der Waals surface area contributed by atoms with Crippen molar-refractivity contribution in [2.75, 3.05) is 6.54 Å². The van der Waals surface area contributed by atoms with Gasteiger partial charge in [0, 0.05) is 17.7 Å². The van der Waals surface area contributed by atoms with Crippen LogP contribution in [0.5, 0.6) is 5.75 Å². The zero-order chi connectivity index (χ0) is 14.5. The van der Waals surface area contributed by atoms with E-state index in [4.69, 9.17) is 0 Å². The van der Waals surface area contributed by atoms with Crippen molar-refractivity contribution in [1.29, 1.82) is 0 Å². The summed E-state index contributed by atoms with van der Waals surface area (Å²) in [5.74, 6) is -0.752. The molecule has 1 atom stereocenters. The Balaban J connectivity index is 1.88. The molecule has 20 heavy (non-hydrogen) atoms. The Hall–Kier alpha value is -1.94. The van der Waals surface area contributed by atoms with Crippen molar-refractivity contribution in [3.63, 3.8) is 0 Å². The van der Waals surface area contributed by atoms with Crippen molar-refractivity contribution in [2.24, 2.45) is 0 Å². The van der Waals surface area contributed by atoms with Crippen molar-refractivity contribution in [1.82, 2.24) is 5.32 Å². The predicted octanol–water partition coefficient (Wildman–Crippen LogP) is 3.56. The molecule has 4 heteroatoms. The summed E-state index contributed by atoms with van der Waals surface area (Å²) in [6, 6.07) is 10.3. The van der Waals surface area contributed by atoms with Crippen LogP contribution in [0.25, 0.3) is 0 Å². The Bertz CT molecular complexity index is 569. The standard InChI is InChI=1S/C16H17F2NO/c1-11(15-7-6-14(20)10-16(15)18)19-9-8-12-2-4-13(17)5-3-12/h2-7,10-11,19-20H,8-9H2,1H3. The lowest BCUT2D eigenvalue weighted by Gasteiger charge is -2.15. The maximum atomic E-state index is 13.7. The quantitative estimate of drug-likeness (QED) is 0.875. The zero-order valence-electron chi connectivity index (χ0n) is 11.2. The molecule has 2 N–H and O–H groups in total. The van der Waals surface area contributed by atoms with Crippen molar-refractivity contribution in [3.05, 3.63) is 65.2 Å². The van der Waals surface area contributed by atoms with Crippen LogP contribution in [0.15, 0.2) is 42.5 Å². The number of hydrogen-bond donors (Lipinski definition) is 2. The molecule has 2 aromatic carbocycles. The first kappa shape index (κ1) is 14.5. The summed E-state index contributed by atoms with van der Waals surface area (Å²) in [5, 5.41) is 12.4. The van der Waals surface area contributed by atoms with Gasteiger partial charge >= 0.3 is 0 Å². The van der Waals surface area contributed by atoms with E-state index in [1.165, 1.54) is 18.2 Å². The molecule has 0 fully saturated rings. The highest BCUT2D eigenvalue weighted by molar-refractivity contribution is 5.29. The number of phenolic OH excluding ortho intramolecular Hbond substituents is 1. The van der Waals surface area contributed by atoms with Gasteiger partial charge in [0.15, 0.2) is 0 Å². The maximum Gasteiger partial charge on any atom is 0.131 e. The van der Waals surface area contributed by atoms with Gasteiger partial charge in [-0.1, -0.05) is 18.2 Å². The number of rotatable bonds is 5. The Labute approximate surface area is 117 Å². The Morgan fingerprint density at radius 1 is 1.10 bits per heavy atom. The van der Waals surface area contributed by atoms with E-state index in [0.29, 0.717) is 12.1 Å². The van der Waals surface area contributed by atoms with E-state index in [2.05, 4.69) is 5.32 Å². The van der Waals surface area contributed by atoms with E-state index >= 15 is 0 Å². The number of phenols is 1. The maximum absolute atomic E-state index is 13.7. The fourth-order valence-electron chi connectivity index (χ4n) is 2.06. The van der Waals surface area contributed by atoms with Gasteiger partial charge in [0.05, 0.1) is 0 Å². The van der Waals surface area contributed by atoms with Crippen LogP contribution in [0.3, 0.4) is 0 Å². The van der Waals surface area contributed by atoms with Crippen molar-refractivity contribution < 1.29 is 13.9 Å². The van der Waals surface area contributed by atoms with Crippen LogP contribution < -0.4 is 5.32 Å². The highest BCUT2D eigenvalue weighted by Gasteiger charge is 2.10. The van der Waals surface area contributed by atoms with Crippen LogP contribution in [0, 0.1) is 11.6 Å². The summed E-state index contributed by atoms with van der Waals surface area (Å²) >= 11 is 0. The molecule has 0 spiro atoms. The molecule has 1 unspecified atom stereocenters. The molecule has 2 aromatic rings. The van der Waals surface area contributed by atoms with Gasteiger partial charge in [0.25, 0.3) is 0 Å². The van der Waals surface area contributed by atoms with Crippen LogP contribution >= 0.6 is 0 Å². The summed E-state index contributed by atoms with van der Waals surface area (Å²) < 4.78 is 26.4. The first-order valence-corrected chi connectivity index (χ1v) is 6.52. The summed E-state index contributed by atoms with van der Waals surface area (Å²) in [4.78, 5) is 0. The molecule has 0 aliphatic rings. The number of nitrogens with one attached hydrogen (secondary N) is 1. The van der Waals surface area contributed by atoms with Gasteiger partial charge in [-0.15, -0.1) is 0 Å². The van der Waals surface area contributed by atoms with E-state index in [1.54, 1.807) is 18.2 Å². The van der Waals surface area contributed by atoms with Crippen molar-refractivity contribution in [3.8, 4) is 5.75 Å². The van der Waals surface area contributed by atoms with Crippen LogP contribution in [0.4, 0.5) is 8.78 Å². The van der Waals surface area contributed by atoms with E-state index in [9.17, 15) is 13.9 Å². The molecule has 2 nitrogen and oxygen atoms in total. The lowest BCUT2D eigenvalue weighted by molar-refractivity contribution is 0.464. The molecule has 0 heterocycles. The summed E-state index contributed by atoms with van der Waals surface area (Å²) in [5.41, 5.74) is 1.54. The highest BCUT2D eigenvalue weighted by Crippen LogP contribution is 2.20. The average molecular weight is 277 g/mol. The fraction of sp³-hybridized carbons (Fsp3) is 0.250. The fourth-order valence-corrected chi connectivity index (χ4v) is 2.06. The second-order valence-electron chi connectivity index (χ2n) is 4.76. The topological polar surface area (TPSA) is 32.3 Å². The number of hydrogen-bond acceptors (Lipinski definition) is 2. The van der Waals surface area contributed by atoms with Crippen LogP contribution in [0.2, 0.25) is 0 Å². The average Bonchev–Trinajstić information content (AvgIpc) is 2.41. The third-order valence-corrected chi connectivity index (χ3v) is 3.23. The molecule has 0 aliphatic heterocycles. The highest BCUT2D eigenvalue weighted by atomic mass is 19.1. The van der Waals surface area contributed by atoms with Gasteiger partial charge in [-0.05, 0) is 43.7 Å². The second kappa shape index (κ2) is 6.48. The molecule has 0 saturated heterocycles. The third-order valence-electron chi connectivity index (χ3n) is 3.23. The summed E-state index contributed by atoms with van der Waals surface area (Å²) in [6.07, 6.45) is 0.740. The molecule has 0 saturated carbocycles. The molecular formula is C16H17F2NO. The monoisotopic (exact) mass is 277 g/mol. The van der Waals surface area contributed by atoms with E-state index in [1.807, 2.05) is 6.92 Å². The Kier molecular flexibility index (Phi) is 4.69. The number of aromatic hydroxyl groups is 1. The van der Waals surface area contributed by atoms with E-state index < -0.39 is 5.82 Å². The molecule has 0 bridgehead atoms. The molecule has 2 rings (SSSR count). The van der Waals surface area contributed by atoms with Crippen molar-refractivity contribution in [2.45, 2.75) is 19.4 Å². The lowest BCUT2D eigenvalue weighted by atomic mass is 10.1. The molecular weight excluding hydrogens is 260 g/mol. The first-order chi connectivity index (χ1) is 9.56. The third kappa shape index (κ3) is 3.78. The molecule has 106 valence electrons. The second-order valence-corrected chi connectivity index (χ2v) is 4.76. The number of halogens is 2. The van der Waals surface area contributed by atoms with Crippen LogP contribution in [-0.4, -0.2) is 11.7 Å². The minimum Gasteiger partial charge on any atom is -0.508 e. The summed E-state index contributed by atoms with van der Waals surface area (Å²) in [7, 11) is 0. The van der Waals surface area contributed by atoms with Crippen molar-refractivity contribution >= 4 is 0 Å². The molecule has 0 amide bonds. The van der Waals surface area contributed by atoms with Gasteiger partial charge in [-0.25, -0.2) is 8.78 Å². The van der Waals surface area contributed by atoms with E-state index in [0.717, 1.165) is 18.1 Å². The van der Waals surface area contributed by atoms with Gasteiger partial charge < -0.3 is 10.4 Å². The van der Waals surface area contributed by atoms with Crippen LogP contribution in [-0.2, 0) is 6.42 Å². The van der Waals surface area contributed by atoms with E-state index in [-0.39, 0.29) is 17.6 Å². The van der Waals surface area contributed by atoms with Gasteiger partial charge in [-0.3, -0.25) is 0 Å². The Morgan fingerprint density at radius 2 is 1.80 bits per heavy atom. The minimum atomic E-state index is -0.424. The lowest BCUT2D eigenvalue weighted by Crippen LogP contribution is -2.22. The smallest absolute Gasteiger partial charge is 0.131 e. The van der Waals surface area contributed by atoms with Gasteiger partial charge in [0.1, 0.15) is 17.4 Å². The number of benzene rings is 2. The van der Waals surface area contributed by atoms with Gasteiger partial charge in [0.2, 0.25) is 0 Å². The molecule has 0 radical (unpaired) electrons. The summed E-state index contributed by atoms with van der Waals surface area (Å²) in [6.45, 7) is 2.52. The zero-order valence-corrected chi connectivity index (χ0v) is 11.2. The SMILES string of the molecule is CC(NCCc1ccc(F)cc1)c1ccc(O)cc1F. The largest absolute Gasteiger partial charge is 0.508 e. The normalized spacial score (nSPS) is 12.3. The first-order valence-electron chi connectivity index (χ1n) is 6.52. The molecule has 0 aliphatic carbocycles. The predicted molar refractivity (Wildman–Crippen MR) is 74.6 cm³/mol.